The molecule has 1 N–H and O–H groups in total. The molecule has 130 valence electrons. The van der Waals surface area contributed by atoms with Crippen LogP contribution in [0.4, 0.5) is 0 Å². The van der Waals surface area contributed by atoms with Crippen LogP contribution in [0.2, 0.25) is 0 Å². The first-order valence-electron chi connectivity index (χ1n) is 9.12. The zero-order valence-corrected chi connectivity index (χ0v) is 14.5. The Hall–Kier alpha value is -1.35. The zero-order valence-electron chi connectivity index (χ0n) is 14.5. The van der Waals surface area contributed by atoms with Gasteiger partial charge in [-0.1, -0.05) is 75.8 Å². The van der Waals surface area contributed by atoms with Crippen LogP contribution in [0.3, 0.4) is 0 Å². The van der Waals surface area contributed by atoms with Crippen molar-refractivity contribution in [3.8, 4) is 0 Å². The van der Waals surface area contributed by atoms with Crippen LogP contribution in [0.25, 0.3) is 0 Å². The topological polar surface area (TPSA) is 49.8 Å². The van der Waals surface area contributed by atoms with Crippen molar-refractivity contribution < 1.29 is 14.6 Å². The average Bonchev–Trinajstić information content (AvgIpc) is 3.27. The Labute approximate surface area is 141 Å². The molecule has 0 amide bonds. The Bertz CT molecular complexity index is 396. The Morgan fingerprint density at radius 3 is 2.30 bits per heavy atom. The number of aliphatic carboxylic acids is 1. The molecule has 1 heterocycles. The molecule has 1 aliphatic rings. The number of carbonyl (C=O) groups is 1. The summed E-state index contributed by atoms with van der Waals surface area (Å²) in [5.74, 6) is -0.918. The summed E-state index contributed by atoms with van der Waals surface area (Å²) in [5, 5.41) is 8.42. The molecule has 0 spiro atoms. The van der Waals surface area contributed by atoms with Crippen molar-refractivity contribution in [3.05, 3.63) is 36.5 Å². The summed E-state index contributed by atoms with van der Waals surface area (Å²) in [4.78, 5) is 10.2. The summed E-state index contributed by atoms with van der Waals surface area (Å²) in [7, 11) is 0. The second-order valence-electron chi connectivity index (χ2n) is 6.21. The molecule has 1 fully saturated rings. The van der Waals surface area contributed by atoms with Gasteiger partial charge in [-0.15, -0.1) is 0 Å². The number of hydrogen-bond acceptors (Lipinski definition) is 2. The minimum Gasteiger partial charge on any atom is -0.478 e. The molecule has 1 rings (SSSR count). The molecular weight excluding hydrogens is 288 g/mol. The van der Waals surface area contributed by atoms with Gasteiger partial charge < -0.3 is 9.84 Å². The van der Waals surface area contributed by atoms with E-state index in [1.165, 1.54) is 51.0 Å². The Balaban J connectivity index is 1.89. The molecule has 1 aliphatic heterocycles. The summed E-state index contributed by atoms with van der Waals surface area (Å²) in [6.07, 6.45) is 24.1. The molecule has 0 aromatic rings. The van der Waals surface area contributed by atoms with Crippen molar-refractivity contribution in [2.24, 2.45) is 0 Å². The fourth-order valence-corrected chi connectivity index (χ4v) is 2.69. The number of ether oxygens (including phenoxy) is 1. The monoisotopic (exact) mass is 320 g/mol. The van der Waals surface area contributed by atoms with E-state index in [9.17, 15) is 4.79 Å². The van der Waals surface area contributed by atoms with E-state index in [4.69, 9.17) is 9.84 Å². The van der Waals surface area contributed by atoms with Gasteiger partial charge in [0, 0.05) is 6.08 Å². The fraction of sp³-hybridized carbons (Fsp3) is 0.650. The van der Waals surface area contributed by atoms with Crippen molar-refractivity contribution in [2.45, 2.75) is 83.3 Å². The van der Waals surface area contributed by atoms with Gasteiger partial charge in [-0.2, -0.15) is 0 Å². The Morgan fingerprint density at radius 1 is 0.913 bits per heavy atom. The van der Waals surface area contributed by atoms with E-state index in [-0.39, 0.29) is 0 Å². The quantitative estimate of drug-likeness (QED) is 0.201. The summed E-state index contributed by atoms with van der Waals surface area (Å²) in [6, 6.07) is 0. The predicted molar refractivity (Wildman–Crippen MR) is 95.6 cm³/mol. The Morgan fingerprint density at radius 2 is 1.57 bits per heavy atom. The highest BCUT2D eigenvalue weighted by Gasteiger charge is 2.36. The molecule has 0 aromatic heterocycles. The maximum Gasteiger partial charge on any atom is 0.328 e. The smallest absolute Gasteiger partial charge is 0.328 e. The normalized spacial score (nSPS) is 20.9. The standard InChI is InChI=1S/C20H32O3/c1-2-3-4-5-9-12-15-18-19(23-18)16-13-10-7-6-8-11-14-17-20(21)22/h6-8,11,14,17-19H,2-5,9-10,12-13,15-16H2,1H3,(H,21,22). The number of carboxylic acids is 1. The summed E-state index contributed by atoms with van der Waals surface area (Å²) in [5.41, 5.74) is 0. The second-order valence-corrected chi connectivity index (χ2v) is 6.21. The van der Waals surface area contributed by atoms with Crippen LogP contribution in [-0.4, -0.2) is 23.3 Å². The van der Waals surface area contributed by atoms with Gasteiger partial charge in [-0.05, 0) is 25.7 Å². The molecule has 1 saturated heterocycles. The molecule has 2 atom stereocenters. The van der Waals surface area contributed by atoms with Gasteiger partial charge in [0.25, 0.3) is 0 Å². The second kappa shape index (κ2) is 13.1. The Kier molecular flexibility index (Phi) is 11.2. The van der Waals surface area contributed by atoms with E-state index in [1.807, 2.05) is 12.2 Å². The zero-order chi connectivity index (χ0) is 16.8. The predicted octanol–water partition coefficient (Wildman–Crippen LogP) is 5.43. The third-order valence-electron chi connectivity index (χ3n) is 4.10. The fourth-order valence-electron chi connectivity index (χ4n) is 2.69. The molecule has 0 bridgehead atoms. The van der Waals surface area contributed by atoms with Crippen LogP contribution in [0.1, 0.15) is 71.1 Å². The van der Waals surface area contributed by atoms with Gasteiger partial charge in [0.15, 0.2) is 0 Å². The lowest BCUT2D eigenvalue weighted by Gasteiger charge is -1.98. The minimum atomic E-state index is -0.918. The van der Waals surface area contributed by atoms with Crippen molar-refractivity contribution in [1.29, 1.82) is 0 Å². The molecule has 3 heteroatoms. The van der Waals surface area contributed by atoms with E-state index in [0.717, 1.165) is 25.3 Å². The molecule has 0 radical (unpaired) electrons. The van der Waals surface area contributed by atoms with Crippen LogP contribution >= 0.6 is 0 Å². The van der Waals surface area contributed by atoms with Crippen LogP contribution in [0.15, 0.2) is 36.5 Å². The molecular formula is C20H32O3. The largest absolute Gasteiger partial charge is 0.478 e. The highest BCUT2D eigenvalue weighted by atomic mass is 16.6. The molecule has 2 unspecified atom stereocenters. The van der Waals surface area contributed by atoms with Crippen molar-refractivity contribution in [2.75, 3.05) is 0 Å². The maximum atomic E-state index is 10.2. The van der Waals surface area contributed by atoms with Crippen molar-refractivity contribution >= 4 is 5.97 Å². The number of rotatable bonds is 14. The number of unbranched alkanes of at least 4 members (excludes halogenated alkanes) is 6. The molecule has 23 heavy (non-hydrogen) atoms. The third kappa shape index (κ3) is 11.8. The highest BCUT2D eigenvalue weighted by Crippen LogP contribution is 2.31. The van der Waals surface area contributed by atoms with E-state index in [0.29, 0.717) is 12.2 Å². The van der Waals surface area contributed by atoms with Gasteiger partial charge >= 0.3 is 5.97 Å². The van der Waals surface area contributed by atoms with Crippen molar-refractivity contribution in [3.63, 3.8) is 0 Å². The maximum absolute atomic E-state index is 10.2. The third-order valence-corrected chi connectivity index (χ3v) is 4.10. The molecule has 0 aromatic carbocycles. The highest BCUT2D eigenvalue weighted by molar-refractivity contribution is 5.80. The SMILES string of the molecule is CCCCCCCCC1OC1CCCC=CC=CC=CC(=O)O. The van der Waals surface area contributed by atoms with Crippen LogP contribution in [0.5, 0.6) is 0 Å². The summed E-state index contributed by atoms with van der Waals surface area (Å²) >= 11 is 0. The van der Waals surface area contributed by atoms with Crippen LogP contribution in [0, 0.1) is 0 Å². The van der Waals surface area contributed by atoms with Gasteiger partial charge in [-0.3, -0.25) is 0 Å². The lowest BCUT2D eigenvalue weighted by molar-refractivity contribution is -0.131. The summed E-state index contributed by atoms with van der Waals surface area (Å²) in [6.45, 7) is 2.25. The summed E-state index contributed by atoms with van der Waals surface area (Å²) < 4.78 is 5.72. The minimum absolute atomic E-state index is 0.507. The van der Waals surface area contributed by atoms with E-state index in [2.05, 4.69) is 13.0 Å². The van der Waals surface area contributed by atoms with Gasteiger partial charge in [0.05, 0.1) is 12.2 Å². The number of epoxide rings is 1. The average molecular weight is 320 g/mol. The van der Waals surface area contributed by atoms with Crippen LogP contribution < -0.4 is 0 Å². The number of allylic oxidation sites excluding steroid dienone is 5. The number of carboxylic acid groups (broad SMARTS) is 1. The van der Waals surface area contributed by atoms with Gasteiger partial charge in [0.2, 0.25) is 0 Å². The van der Waals surface area contributed by atoms with Gasteiger partial charge in [0.1, 0.15) is 0 Å². The van der Waals surface area contributed by atoms with Crippen LogP contribution in [-0.2, 0) is 9.53 Å². The van der Waals surface area contributed by atoms with Gasteiger partial charge in [-0.25, -0.2) is 4.79 Å². The van der Waals surface area contributed by atoms with E-state index < -0.39 is 5.97 Å². The first-order valence-corrected chi connectivity index (χ1v) is 9.12. The number of hydrogen-bond donors (Lipinski definition) is 1. The van der Waals surface area contributed by atoms with E-state index in [1.54, 1.807) is 6.08 Å². The lowest BCUT2D eigenvalue weighted by Crippen LogP contribution is -1.94. The van der Waals surface area contributed by atoms with Crippen molar-refractivity contribution in [1.82, 2.24) is 0 Å². The van der Waals surface area contributed by atoms with E-state index >= 15 is 0 Å². The molecule has 3 nitrogen and oxygen atoms in total. The molecule has 0 aliphatic carbocycles. The first kappa shape index (κ1) is 19.7. The molecule has 0 saturated carbocycles. The lowest BCUT2D eigenvalue weighted by atomic mass is 10.1. The first-order chi connectivity index (χ1) is 11.2.